The van der Waals surface area contributed by atoms with E-state index in [0.29, 0.717) is 6.61 Å². The van der Waals surface area contributed by atoms with E-state index in [0.717, 1.165) is 59.0 Å². The molecule has 6 heteroatoms. The number of nitrogen functional groups attached to an aromatic ring is 1. The van der Waals surface area contributed by atoms with Gasteiger partial charge in [-0.1, -0.05) is 0 Å². The summed E-state index contributed by atoms with van der Waals surface area (Å²) in [5.41, 5.74) is 12.4. The number of anilines is 1. The quantitative estimate of drug-likeness (QED) is 0.695. The molecule has 1 aliphatic rings. The van der Waals surface area contributed by atoms with E-state index in [-0.39, 0.29) is 5.95 Å². The van der Waals surface area contributed by atoms with Crippen molar-refractivity contribution in [3.63, 3.8) is 0 Å². The van der Waals surface area contributed by atoms with E-state index in [1.165, 1.54) is 5.56 Å². The van der Waals surface area contributed by atoms with Crippen molar-refractivity contribution in [2.24, 2.45) is 0 Å². The van der Waals surface area contributed by atoms with Gasteiger partial charge in [0.25, 0.3) is 0 Å². The number of benzene rings is 2. The third kappa shape index (κ3) is 4.03. The number of nitrogens with zero attached hydrogens (tertiary/aromatic N) is 3. The Morgan fingerprint density at radius 1 is 0.966 bits per heavy atom. The van der Waals surface area contributed by atoms with Gasteiger partial charge in [0.15, 0.2) is 0 Å². The first kappa shape index (κ1) is 19.2. The fourth-order valence-electron chi connectivity index (χ4n) is 3.65. The number of rotatable bonds is 6. The number of ether oxygens (including phenoxy) is 2. The molecule has 0 radical (unpaired) electrons. The van der Waals surface area contributed by atoms with Crippen molar-refractivity contribution < 1.29 is 9.47 Å². The highest BCUT2D eigenvalue weighted by molar-refractivity contribution is 5.78. The number of likely N-dealkylation sites (N-methyl/N-ethyl adjacent to an activating group) is 1. The van der Waals surface area contributed by atoms with E-state index >= 15 is 0 Å². The van der Waals surface area contributed by atoms with Crippen molar-refractivity contribution in [2.75, 3.05) is 40.1 Å². The lowest BCUT2D eigenvalue weighted by Crippen LogP contribution is -2.19. The SMILES string of the molecule is COc1ccc2c(c1)CCc1c(-c3ccc(OCCN(C)C)cc3)nc(N)nc1-2. The van der Waals surface area contributed by atoms with Crippen LogP contribution >= 0.6 is 0 Å². The summed E-state index contributed by atoms with van der Waals surface area (Å²) < 4.78 is 11.2. The van der Waals surface area contributed by atoms with Crippen LogP contribution in [0, 0.1) is 0 Å². The Kier molecular flexibility index (Phi) is 5.36. The highest BCUT2D eigenvalue weighted by Crippen LogP contribution is 2.38. The van der Waals surface area contributed by atoms with Gasteiger partial charge in [0, 0.05) is 23.2 Å². The lowest BCUT2D eigenvalue weighted by Gasteiger charge is -2.22. The van der Waals surface area contributed by atoms with Crippen LogP contribution in [0.1, 0.15) is 11.1 Å². The summed E-state index contributed by atoms with van der Waals surface area (Å²) >= 11 is 0. The van der Waals surface area contributed by atoms with Crippen molar-refractivity contribution >= 4 is 5.95 Å². The van der Waals surface area contributed by atoms with Crippen LogP contribution in [0.5, 0.6) is 11.5 Å². The van der Waals surface area contributed by atoms with Crippen molar-refractivity contribution in [1.29, 1.82) is 0 Å². The second-order valence-corrected chi connectivity index (χ2v) is 7.46. The molecule has 0 unspecified atom stereocenters. The molecule has 1 aliphatic carbocycles. The Morgan fingerprint density at radius 3 is 2.41 bits per heavy atom. The van der Waals surface area contributed by atoms with E-state index < -0.39 is 0 Å². The molecule has 4 rings (SSSR count). The Hall–Kier alpha value is -3.12. The van der Waals surface area contributed by atoms with Gasteiger partial charge in [-0.2, -0.15) is 0 Å². The van der Waals surface area contributed by atoms with Gasteiger partial charge in [0.2, 0.25) is 5.95 Å². The maximum Gasteiger partial charge on any atom is 0.221 e. The molecule has 0 aliphatic heterocycles. The largest absolute Gasteiger partial charge is 0.497 e. The summed E-state index contributed by atoms with van der Waals surface area (Å²) in [5, 5.41) is 0. The molecule has 29 heavy (non-hydrogen) atoms. The van der Waals surface area contributed by atoms with Gasteiger partial charge in [-0.05, 0) is 75.0 Å². The van der Waals surface area contributed by atoms with Gasteiger partial charge in [0.1, 0.15) is 18.1 Å². The summed E-state index contributed by atoms with van der Waals surface area (Å²) in [7, 11) is 5.75. The van der Waals surface area contributed by atoms with E-state index in [9.17, 15) is 0 Å². The number of aromatic nitrogens is 2. The molecule has 0 saturated heterocycles. The fourth-order valence-corrected chi connectivity index (χ4v) is 3.65. The molecule has 6 nitrogen and oxygen atoms in total. The minimum absolute atomic E-state index is 0.286. The molecule has 0 fully saturated rings. The van der Waals surface area contributed by atoms with Crippen LogP contribution in [0.3, 0.4) is 0 Å². The predicted molar refractivity (Wildman–Crippen MR) is 115 cm³/mol. The average Bonchev–Trinajstić information content (AvgIpc) is 2.73. The zero-order valence-electron chi connectivity index (χ0n) is 17.1. The summed E-state index contributed by atoms with van der Waals surface area (Å²) in [6, 6.07) is 14.1. The first-order valence-corrected chi connectivity index (χ1v) is 9.77. The molecule has 0 bridgehead atoms. The second-order valence-electron chi connectivity index (χ2n) is 7.46. The molecule has 0 atom stereocenters. The monoisotopic (exact) mass is 390 g/mol. The zero-order chi connectivity index (χ0) is 20.4. The Balaban J connectivity index is 1.67. The molecular weight excluding hydrogens is 364 g/mol. The number of aryl methyl sites for hydroxylation is 1. The number of nitrogens with two attached hydrogens (primary N) is 1. The van der Waals surface area contributed by atoms with Crippen molar-refractivity contribution in [1.82, 2.24) is 14.9 Å². The minimum atomic E-state index is 0.286. The van der Waals surface area contributed by atoms with Crippen LogP contribution in [-0.2, 0) is 12.8 Å². The number of hydrogen-bond donors (Lipinski definition) is 1. The van der Waals surface area contributed by atoms with Crippen LogP contribution < -0.4 is 15.2 Å². The molecule has 0 amide bonds. The molecule has 0 saturated carbocycles. The third-order valence-electron chi connectivity index (χ3n) is 5.17. The van der Waals surface area contributed by atoms with E-state index in [4.69, 9.17) is 15.2 Å². The summed E-state index contributed by atoms with van der Waals surface area (Å²) in [6.45, 7) is 1.53. The van der Waals surface area contributed by atoms with Gasteiger partial charge in [-0.25, -0.2) is 9.97 Å². The maximum absolute atomic E-state index is 6.08. The molecule has 1 heterocycles. The molecule has 2 N–H and O–H groups in total. The number of fused-ring (bicyclic) bond motifs is 3. The fraction of sp³-hybridized carbons (Fsp3) is 0.304. The Labute approximate surface area is 171 Å². The molecule has 1 aromatic heterocycles. The highest BCUT2D eigenvalue weighted by atomic mass is 16.5. The van der Waals surface area contributed by atoms with Crippen LogP contribution in [-0.4, -0.2) is 49.2 Å². The van der Waals surface area contributed by atoms with Gasteiger partial charge >= 0.3 is 0 Å². The predicted octanol–water partition coefficient (Wildman–Crippen LogP) is 3.44. The maximum atomic E-state index is 6.08. The summed E-state index contributed by atoms with van der Waals surface area (Å²) in [6.07, 6.45) is 1.79. The van der Waals surface area contributed by atoms with Crippen LogP contribution in [0.4, 0.5) is 5.95 Å². The number of hydrogen-bond acceptors (Lipinski definition) is 6. The minimum Gasteiger partial charge on any atom is -0.497 e. The van der Waals surface area contributed by atoms with E-state index in [2.05, 4.69) is 27.0 Å². The zero-order valence-corrected chi connectivity index (χ0v) is 17.1. The highest BCUT2D eigenvalue weighted by Gasteiger charge is 2.23. The summed E-state index contributed by atoms with van der Waals surface area (Å²) in [5.74, 6) is 2.00. The third-order valence-corrected chi connectivity index (χ3v) is 5.17. The van der Waals surface area contributed by atoms with Gasteiger partial charge in [-0.15, -0.1) is 0 Å². The standard InChI is InChI=1S/C23H26N4O2/c1-27(2)12-13-29-17-7-4-15(5-8-17)21-20-10-6-16-14-18(28-3)9-11-19(16)22(20)26-23(24)25-21/h4-5,7-9,11,14H,6,10,12-13H2,1-3H3,(H2,24,25,26). The molecule has 2 aromatic carbocycles. The van der Waals surface area contributed by atoms with Gasteiger partial charge < -0.3 is 20.1 Å². The topological polar surface area (TPSA) is 73.5 Å². The smallest absolute Gasteiger partial charge is 0.221 e. The van der Waals surface area contributed by atoms with Crippen molar-refractivity contribution in [3.05, 3.63) is 53.6 Å². The van der Waals surface area contributed by atoms with E-state index in [1.54, 1.807) is 7.11 Å². The first-order chi connectivity index (χ1) is 14.0. The van der Waals surface area contributed by atoms with Crippen LogP contribution in [0.15, 0.2) is 42.5 Å². The molecule has 0 spiro atoms. The van der Waals surface area contributed by atoms with Crippen LogP contribution in [0.25, 0.3) is 22.5 Å². The van der Waals surface area contributed by atoms with Crippen molar-refractivity contribution in [3.8, 4) is 34.0 Å². The number of methoxy groups -OCH3 is 1. The second kappa shape index (κ2) is 8.09. The molecular formula is C23H26N4O2. The average molecular weight is 390 g/mol. The van der Waals surface area contributed by atoms with Crippen LogP contribution in [0.2, 0.25) is 0 Å². The van der Waals surface area contributed by atoms with Crippen molar-refractivity contribution in [2.45, 2.75) is 12.8 Å². The normalized spacial score (nSPS) is 12.4. The lowest BCUT2D eigenvalue weighted by atomic mass is 9.87. The molecule has 150 valence electrons. The van der Waals surface area contributed by atoms with Gasteiger partial charge in [0.05, 0.1) is 18.5 Å². The van der Waals surface area contributed by atoms with E-state index in [1.807, 2.05) is 44.4 Å². The Morgan fingerprint density at radius 2 is 1.69 bits per heavy atom. The van der Waals surface area contributed by atoms with Gasteiger partial charge in [-0.3, -0.25) is 0 Å². The Bertz CT molecular complexity index is 1020. The summed E-state index contributed by atoms with van der Waals surface area (Å²) in [4.78, 5) is 11.2. The molecule has 3 aromatic rings. The first-order valence-electron chi connectivity index (χ1n) is 9.77. The lowest BCUT2D eigenvalue weighted by molar-refractivity contribution is 0.261.